The van der Waals surface area contributed by atoms with E-state index in [9.17, 15) is 9.59 Å². The van der Waals surface area contributed by atoms with Crippen LogP contribution in [0.15, 0.2) is 18.3 Å². The normalized spacial score (nSPS) is 18.8. The van der Waals surface area contributed by atoms with Gasteiger partial charge in [0.25, 0.3) is 0 Å². The summed E-state index contributed by atoms with van der Waals surface area (Å²) in [5.74, 6) is 0.0984. The van der Waals surface area contributed by atoms with Crippen molar-refractivity contribution in [2.24, 2.45) is 0 Å². The van der Waals surface area contributed by atoms with Crippen molar-refractivity contribution >= 4 is 17.9 Å². The van der Waals surface area contributed by atoms with Crippen LogP contribution in [0.3, 0.4) is 0 Å². The Bertz CT molecular complexity index is 503. The molecule has 1 aromatic rings. The lowest BCUT2D eigenvalue weighted by molar-refractivity contribution is 0.199. The van der Waals surface area contributed by atoms with E-state index in [1.807, 2.05) is 6.07 Å². The van der Waals surface area contributed by atoms with E-state index in [1.54, 1.807) is 12.3 Å². The van der Waals surface area contributed by atoms with Crippen molar-refractivity contribution in [3.8, 4) is 0 Å². The predicted molar refractivity (Wildman–Crippen MR) is 73.8 cm³/mol. The highest BCUT2D eigenvalue weighted by Crippen LogP contribution is 2.30. The molecule has 2 N–H and O–H groups in total. The quantitative estimate of drug-likeness (QED) is 0.859. The van der Waals surface area contributed by atoms with Gasteiger partial charge >= 0.3 is 12.1 Å². The lowest BCUT2D eigenvalue weighted by Gasteiger charge is -2.20. The van der Waals surface area contributed by atoms with Gasteiger partial charge in [-0.05, 0) is 38.1 Å². The Morgan fingerprint density at radius 2 is 2.25 bits per heavy atom. The summed E-state index contributed by atoms with van der Waals surface area (Å²) in [6.45, 7) is 1.05. The third-order valence-corrected chi connectivity index (χ3v) is 3.51. The highest BCUT2D eigenvalue weighted by Gasteiger charge is 2.25. The molecule has 7 nitrogen and oxygen atoms in total. The molecule has 2 rings (SSSR count). The van der Waals surface area contributed by atoms with Gasteiger partial charge in [-0.15, -0.1) is 0 Å². The molecular weight excluding hydrogens is 260 g/mol. The van der Waals surface area contributed by atoms with Gasteiger partial charge in [-0.25, -0.2) is 14.6 Å². The summed E-state index contributed by atoms with van der Waals surface area (Å²) in [5.41, 5.74) is 1.04. The lowest BCUT2D eigenvalue weighted by atomic mass is 10.1. The minimum Gasteiger partial charge on any atom is -0.464 e. The van der Waals surface area contributed by atoms with Gasteiger partial charge in [-0.2, -0.15) is 4.90 Å². The monoisotopic (exact) mass is 278 g/mol. The van der Waals surface area contributed by atoms with Crippen molar-refractivity contribution in [2.75, 3.05) is 25.5 Å². The number of hydrogen-bond acceptors (Lipinski definition) is 4. The fraction of sp³-hybridized carbons (Fsp3) is 0.462. The van der Waals surface area contributed by atoms with Crippen LogP contribution in [0.25, 0.3) is 0 Å². The summed E-state index contributed by atoms with van der Waals surface area (Å²) < 4.78 is 0. The maximum Gasteiger partial charge on any atom is 0.421 e. The molecule has 0 aliphatic carbocycles. The minimum absolute atomic E-state index is 0.0984. The standard InChI is InChI=1S/C13H18N4O3/c1-14-12(18)17(13(19)20)11-6-5-9(8-15-11)10-4-3-7-16(10)2/h5-6,8,10H,3-4,7H2,1-2H3,(H,14,18)(H,19,20)/t10-/m0/s1. The SMILES string of the molecule is CNC(=O)N(C(=O)O)c1ccc([C@@H]2CCCN2C)cn1. The van der Waals surface area contributed by atoms with E-state index in [0.29, 0.717) is 10.9 Å². The van der Waals surface area contributed by atoms with Crippen molar-refractivity contribution in [3.63, 3.8) is 0 Å². The second-order valence-corrected chi connectivity index (χ2v) is 4.76. The average Bonchev–Trinajstić information content (AvgIpc) is 2.85. The Balaban J connectivity index is 2.22. The van der Waals surface area contributed by atoms with Crippen LogP contribution in [0.1, 0.15) is 24.4 Å². The molecule has 0 saturated carbocycles. The topological polar surface area (TPSA) is 85.8 Å². The molecule has 1 aromatic heterocycles. The average molecular weight is 278 g/mol. The van der Waals surface area contributed by atoms with Crippen LogP contribution in [-0.2, 0) is 0 Å². The van der Waals surface area contributed by atoms with Gasteiger partial charge in [0.2, 0.25) is 0 Å². The first kappa shape index (κ1) is 14.3. The molecule has 3 amide bonds. The third kappa shape index (κ3) is 2.72. The maximum atomic E-state index is 11.5. The Kier molecular flexibility index (Phi) is 4.19. The largest absolute Gasteiger partial charge is 0.464 e. The van der Waals surface area contributed by atoms with Crippen LogP contribution in [0, 0.1) is 0 Å². The summed E-state index contributed by atoms with van der Waals surface area (Å²) in [4.78, 5) is 29.6. The van der Waals surface area contributed by atoms with Crippen molar-refractivity contribution in [3.05, 3.63) is 23.9 Å². The molecule has 1 aliphatic rings. The number of likely N-dealkylation sites (tertiary alicyclic amines) is 1. The van der Waals surface area contributed by atoms with E-state index in [1.165, 1.54) is 7.05 Å². The van der Waals surface area contributed by atoms with Gasteiger partial charge in [-0.1, -0.05) is 6.07 Å². The molecule has 1 atom stereocenters. The third-order valence-electron chi connectivity index (χ3n) is 3.51. The summed E-state index contributed by atoms with van der Waals surface area (Å²) >= 11 is 0. The van der Waals surface area contributed by atoms with Gasteiger partial charge in [0.1, 0.15) is 5.82 Å². The molecule has 1 saturated heterocycles. The second kappa shape index (κ2) is 5.87. The van der Waals surface area contributed by atoms with E-state index in [0.717, 1.165) is 24.9 Å². The van der Waals surface area contributed by atoms with Crippen LogP contribution in [0.5, 0.6) is 0 Å². The molecule has 1 fully saturated rings. The van der Waals surface area contributed by atoms with Crippen LogP contribution >= 0.6 is 0 Å². The fourth-order valence-electron chi connectivity index (χ4n) is 2.46. The number of amides is 3. The Hall–Kier alpha value is -2.15. The van der Waals surface area contributed by atoms with E-state index < -0.39 is 12.1 Å². The number of imide groups is 1. The number of rotatable bonds is 2. The molecule has 20 heavy (non-hydrogen) atoms. The zero-order chi connectivity index (χ0) is 14.7. The van der Waals surface area contributed by atoms with Crippen molar-refractivity contribution in [2.45, 2.75) is 18.9 Å². The lowest BCUT2D eigenvalue weighted by Crippen LogP contribution is -2.42. The summed E-state index contributed by atoms with van der Waals surface area (Å²) in [6.07, 6.45) is 2.49. The first-order valence-electron chi connectivity index (χ1n) is 6.45. The Labute approximate surface area is 117 Å². The number of urea groups is 1. The van der Waals surface area contributed by atoms with Crippen molar-refractivity contribution in [1.82, 2.24) is 15.2 Å². The molecule has 0 spiro atoms. The molecule has 0 bridgehead atoms. The van der Waals surface area contributed by atoms with Gasteiger partial charge < -0.3 is 10.4 Å². The number of pyridine rings is 1. The number of aromatic nitrogens is 1. The fourth-order valence-corrected chi connectivity index (χ4v) is 2.46. The van der Waals surface area contributed by atoms with Crippen LogP contribution in [0.4, 0.5) is 15.4 Å². The van der Waals surface area contributed by atoms with Crippen LogP contribution in [0.2, 0.25) is 0 Å². The molecule has 2 heterocycles. The van der Waals surface area contributed by atoms with Crippen molar-refractivity contribution in [1.29, 1.82) is 0 Å². The van der Waals surface area contributed by atoms with E-state index in [4.69, 9.17) is 5.11 Å². The smallest absolute Gasteiger partial charge is 0.421 e. The molecule has 108 valence electrons. The molecule has 0 radical (unpaired) electrons. The van der Waals surface area contributed by atoms with E-state index in [2.05, 4.69) is 22.2 Å². The highest BCUT2D eigenvalue weighted by atomic mass is 16.4. The first-order valence-corrected chi connectivity index (χ1v) is 6.45. The minimum atomic E-state index is -1.36. The van der Waals surface area contributed by atoms with E-state index >= 15 is 0 Å². The summed E-state index contributed by atoms with van der Waals surface area (Å²) in [6, 6.07) is 2.98. The molecule has 7 heteroatoms. The maximum absolute atomic E-state index is 11.5. The second-order valence-electron chi connectivity index (χ2n) is 4.76. The van der Waals surface area contributed by atoms with Crippen LogP contribution < -0.4 is 10.2 Å². The van der Waals surface area contributed by atoms with Gasteiger partial charge in [0.05, 0.1) is 0 Å². The molecule has 0 aromatic carbocycles. The number of nitrogens with zero attached hydrogens (tertiary/aromatic N) is 3. The molecular formula is C13H18N4O3. The number of nitrogens with one attached hydrogen (secondary N) is 1. The number of hydrogen-bond donors (Lipinski definition) is 2. The number of anilines is 1. The predicted octanol–water partition coefficient (Wildman–Crippen LogP) is 1.67. The number of carbonyl (C=O) groups excluding carboxylic acids is 1. The van der Waals surface area contributed by atoms with Crippen LogP contribution in [-0.4, -0.2) is 47.8 Å². The first-order chi connectivity index (χ1) is 9.54. The van der Waals surface area contributed by atoms with Crippen molar-refractivity contribution < 1.29 is 14.7 Å². The number of carboxylic acid groups (broad SMARTS) is 1. The molecule has 1 aliphatic heterocycles. The van der Waals surface area contributed by atoms with Gasteiger partial charge in [0.15, 0.2) is 0 Å². The highest BCUT2D eigenvalue weighted by molar-refractivity contribution is 6.09. The van der Waals surface area contributed by atoms with Gasteiger partial charge in [-0.3, -0.25) is 4.90 Å². The van der Waals surface area contributed by atoms with E-state index in [-0.39, 0.29) is 5.82 Å². The van der Waals surface area contributed by atoms with Gasteiger partial charge in [0, 0.05) is 19.3 Å². The zero-order valence-electron chi connectivity index (χ0n) is 11.5. The number of carbonyl (C=O) groups is 2. The Morgan fingerprint density at radius 1 is 1.50 bits per heavy atom. The zero-order valence-corrected chi connectivity index (χ0v) is 11.5. The summed E-state index contributed by atoms with van der Waals surface area (Å²) in [7, 11) is 3.43. The molecule has 0 unspecified atom stereocenters. The Morgan fingerprint density at radius 3 is 2.70 bits per heavy atom. The summed E-state index contributed by atoms with van der Waals surface area (Å²) in [5, 5.41) is 11.3.